The molecule has 4 nitrogen and oxygen atoms in total. The summed E-state index contributed by atoms with van der Waals surface area (Å²) < 4.78 is 5.58. The van der Waals surface area contributed by atoms with E-state index in [0.29, 0.717) is 12.0 Å². The minimum atomic E-state index is -0.780. The number of hydrogen-bond acceptors (Lipinski definition) is 3. The van der Waals surface area contributed by atoms with Gasteiger partial charge in [-0.05, 0) is 31.2 Å². The van der Waals surface area contributed by atoms with Crippen LogP contribution >= 0.6 is 0 Å². The molecule has 1 rings (SSSR count). The number of nitrogens with zero attached hydrogens (tertiary/aromatic N) is 1. The Morgan fingerprint density at radius 2 is 1.94 bits per heavy atom. The van der Waals surface area contributed by atoms with Crippen LogP contribution in [0.2, 0.25) is 0 Å². The van der Waals surface area contributed by atoms with Crippen LogP contribution in [0.3, 0.4) is 0 Å². The Labute approximate surface area is 110 Å². The number of aliphatic carboxylic acids is 1. The van der Waals surface area contributed by atoms with Crippen LogP contribution in [0.1, 0.15) is 46.5 Å². The highest BCUT2D eigenvalue weighted by Gasteiger charge is 2.21. The molecule has 0 atom stereocenters. The highest BCUT2D eigenvalue weighted by Crippen LogP contribution is 2.21. The molecule has 0 amide bonds. The van der Waals surface area contributed by atoms with Crippen molar-refractivity contribution in [1.82, 2.24) is 4.90 Å². The van der Waals surface area contributed by atoms with Crippen molar-refractivity contribution in [2.24, 2.45) is 5.41 Å². The maximum atomic E-state index is 10.4. The molecule has 0 aromatic heterocycles. The largest absolute Gasteiger partial charge is 0.481 e. The van der Waals surface area contributed by atoms with Crippen molar-refractivity contribution in [1.29, 1.82) is 0 Å². The van der Waals surface area contributed by atoms with E-state index >= 15 is 0 Å². The lowest BCUT2D eigenvalue weighted by atomic mass is 9.91. The smallest absolute Gasteiger partial charge is 0.305 e. The van der Waals surface area contributed by atoms with Crippen molar-refractivity contribution < 1.29 is 14.6 Å². The Bertz CT molecular complexity index is 252. The van der Waals surface area contributed by atoms with Crippen LogP contribution < -0.4 is 0 Å². The number of likely N-dealkylation sites (tertiary alicyclic amines) is 1. The fraction of sp³-hybridized carbons (Fsp3) is 0.929. The molecular formula is C14H27NO3. The quantitative estimate of drug-likeness (QED) is 0.793. The predicted octanol–water partition coefficient (Wildman–Crippen LogP) is 2.38. The molecule has 106 valence electrons. The third-order valence-corrected chi connectivity index (χ3v) is 3.38. The zero-order valence-electron chi connectivity index (χ0n) is 11.9. The number of piperidine rings is 1. The molecule has 0 unspecified atom stereocenters. The first-order valence-corrected chi connectivity index (χ1v) is 6.92. The Morgan fingerprint density at radius 3 is 2.44 bits per heavy atom. The summed E-state index contributed by atoms with van der Waals surface area (Å²) >= 11 is 0. The zero-order valence-corrected chi connectivity index (χ0v) is 11.9. The first-order chi connectivity index (χ1) is 8.37. The number of carboxylic acid groups (broad SMARTS) is 1. The highest BCUT2D eigenvalue weighted by atomic mass is 16.5. The molecule has 1 fully saturated rings. The molecule has 0 aromatic carbocycles. The molecule has 0 aliphatic carbocycles. The Kier molecular flexibility index (Phi) is 6.09. The topological polar surface area (TPSA) is 49.8 Å². The number of carbonyl (C=O) groups is 1. The Hall–Kier alpha value is -0.610. The van der Waals surface area contributed by atoms with Crippen LogP contribution in [0.15, 0.2) is 0 Å². The van der Waals surface area contributed by atoms with E-state index in [0.717, 1.165) is 32.5 Å². The van der Waals surface area contributed by atoms with Crippen molar-refractivity contribution in [2.75, 3.05) is 26.2 Å². The highest BCUT2D eigenvalue weighted by molar-refractivity contribution is 5.66. The van der Waals surface area contributed by atoms with Crippen molar-refractivity contribution in [2.45, 2.75) is 52.6 Å². The zero-order chi connectivity index (χ0) is 13.6. The van der Waals surface area contributed by atoms with E-state index in [4.69, 9.17) is 9.84 Å². The lowest BCUT2D eigenvalue weighted by Gasteiger charge is -2.33. The fourth-order valence-electron chi connectivity index (χ4n) is 2.11. The summed E-state index contributed by atoms with van der Waals surface area (Å²) in [6.07, 6.45) is 3.66. The van der Waals surface area contributed by atoms with Crippen molar-refractivity contribution in [3.63, 3.8) is 0 Å². The minimum Gasteiger partial charge on any atom is -0.481 e. The first kappa shape index (κ1) is 15.4. The van der Waals surface area contributed by atoms with Gasteiger partial charge in [-0.15, -0.1) is 0 Å². The Morgan fingerprint density at radius 1 is 1.33 bits per heavy atom. The molecule has 4 heteroatoms. The summed E-state index contributed by atoms with van der Waals surface area (Å²) in [5.41, 5.74) is 0.398. The fourth-order valence-corrected chi connectivity index (χ4v) is 2.11. The van der Waals surface area contributed by atoms with Gasteiger partial charge in [0.25, 0.3) is 0 Å². The Balaban J connectivity index is 2.11. The van der Waals surface area contributed by atoms with Gasteiger partial charge in [-0.3, -0.25) is 4.79 Å². The van der Waals surface area contributed by atoms with Gasteiger partial charge in [-0.25, -0.2) is 0 Å². The van der Waals surface area contributed by atoms with Gasteiger partial charge in [0, 0.05) is 13.1 Å². The van der Waals surface area contributed by atoms with Gasteiger partial charge < -0.3 is 14.7 Å². The number of carboxylic acids is 1. The maximum absolute atomic E-state index is 10.4. The van der Waals surface area contributed by atoms with Crippen LogP contribution in [0, 0.1) is 5.41 Å². The van der Waals surface area contributed by atoms with Crippen LogP contribution in [-0.4, -0.2) is 48.3 Å². The third-order valence-electron chi connectivity index (χ3n) is 3.38. The molecule has 1 aliphatic heterocycles. The molecule has 0 spiro atoms. The van der Waals surface area contributed by atoms with Crippen molar-refractivity contribution in [3.8, 4) is 0 Å². The van der Waals surface area contributed by atoms with Crippen LogP contribution in [0.25, 0.3) is 0 Å². The van der Waals surface area contributed by atoms with Crippen molar-refractivity contribution >= 4 is 5.97 Å². The van der Waals surface area contributed by atoms with E-state index in [1.165, 1.54) is 6.42 Å². The van der Waals surface area contributed by atoms with Gasteiger partial charge in [0.15, 0.2) is 0 Å². The van der Waals surface area contributed by atoms with Crippen LogP contribution in [0.5, 0.6) is 0 Å². The number of hydrogen-bond donors (Lipinski definition) is 1. The summed E-state index contributed by atoms with van der Waals surface area (Å²) in [6.45, 7) is 10.5. The third kappa shape index (κ3) is 6.97. The van der Waals surface area contributed by atoms with E-state index < -0.39 is 5.97 Å². The van der Waals surface area contributed by atoms with E-state index in [-0.39, 0.29) is 12.5 Å². The van der Waals surface area contributed by atoms with Gasteiger partial charge in [0.05, 0.1) is 19.1 Å². The maximum Gasteiger partial charge on any atom is 0.305 e. The van der Waals surface area contributed by atoms with E-state index in [1.807, 2.05) is 0 Å². The average molecular weight is 257 g/mol. The molecule has 18 heavy (non-hydrogen) atoms. The summed E-state index contributed by atoms with van der Waals surface area (Å²) in [5, 5.41) is 8.54. The predicted molar refractivity (Wildman–Crippen MR) is 71.7 cm³/mol. The van der Waals surface area contributed by atoms with E-state index in [9.17, 15) is 4.79 Å². The van der Waals surface area contributed by atoms with Gasteiger partial charge in [-0.2, -0.15) is 0 Å². The van der Waals surface area contributed by atoms with Crippen LogP contribution in [-0.2, 0) is 9.53 Å². The molecule has 1 N–H and O–H groups in total. The average Bonchev–Trinajstić information content (AvgIpc) is 2.26. The summed E-state index contributed by atoms with van der Waals surface area (Å²) in [6, 6.07) is 0. The standard InChI is InChI=1S/C14H27NO3/c1-14(2,3)7-10-15-8-4-12(5-9-15)18-11-6-13(16)17/h12H,4-11H2,1-3H3,(H,16,17). The van der Waals surface area contributed by atoms with E-state index in [2.05, 4.69) is 25.7 Å². The molecule has 0 saturated carbocycles. The summed E-state index contributed by atoms with van der Waals surface area (Å²) in [7, 11) is 0. The van der Waals surface area contributed by atoms with Gasteiger partial charge in [-0.1, -0.05) is 20.8 Å². The lowest BCUT2D eigenvalue weighted by molar-refractivity contribution is -0.138. The second kappa shape index (κ2) is 7.10. The minimum absolute atomic E-state index is 0.115. The van der Waals surface area contributed by atoms with Gasteiger partial charge in [0.2, 0.25) is 0 Å². The monoisotopic (exact) mass is 257 g/mol. The second-order valence-corrected chi connectivity index (χ2v) is 6.37. The molecular weight excluding hydrogens is 230 g/mol. The van der Waals surface area contributed by atoms with Crippen LogP contribution in [0.4, 0.5) is 0 Å². The number of rotatable bonds is 6. The molecule has 1 aliphatic rings. The molecule has 0 aromatic rings. The van der Waals surface area contributed by atoms with Gasteiger partial charge in [0.1, 0.15) is 0 Å². The summed E-state index contributed by atoms with van der Waals surface area (Å²) in [5.74, 6) is -0.780. The van der Waals surface area contributed by atoms with E-state index in [1.54, 1.807) is 0 Å². The first-order valence-electron chi connectivity index (χ1n) is 6.92. The summed E-state index contributed by atoms with van der Waals surface area (Å²) in [4.78, 5) is 12.9. The normalized spacial score (nSPS) is 19.1. The molecule has 1 saturated heterocycles. The van der Waals surface area contributed by atoms with Crippen molar-refractivity contribution in [3.05, 3.63) is 0 Å². The second-order valence-electron chi connectivity index (χ2n) is 6.37. The van der Waals surface area contributed by atoms with Gasteiger partial charge >= 0.3 is 5.97 Å². The lowest BCUT2D eigenvalue weighted by Crippen LogP contribution is -2.38. The SMILES string of the molecule is CC(C)(C)CCN1CCC(OCCC(=O)O)CC1. The number of ether oxygens (including phenoxy) is 1. The molecule has 1 heterocycles. The molecule has 0 bridgehead atoms. The molecule has 0 radical (unpaired) electrons.